The monoisotopic (exact) mass is 441 g/mol. The highest BCUT2D eigenvalue weighted by Crippen LogP contribution is 2.36. The summed E-state index contributed by atoms with van der Waals surface area (Å²) < 4.78 is 1.09. The first-order chi connectivity index (χ1) is 13.3. The van der Waals surface area contributed by atoms with E-state index >= 15 is 0 Å². The molecule has 1 atom stereocenters. The van der Waals surface area contributed by atoms with Crippen molar-refractivity contribution in [2.45, 2.75) is 66.2 Å². The van der Waals surface area contributed by atoms with Gasteiger partial charge in [-0.3, -0.25) is 0 Å². The predicted octanol–water partition coefficient (Wildman–Crippen LogP) is 7.90. The number of hydrogen-bond donors (Lipinski definition) is 0. The Labute approximate surface area is 179 Å². The summed E-state index contributed by atoms with van der Waals surface area (Å²) in [6, 6.07) is 16.9. The van der Waals surface area contributed by atoms with Gasteiger partial charge in [-0.1, -0.05) is 67.7 Å². The van der Waals surface area contributed by atoms with Crippen LogP contribution in [0.25, 0.3) is 11.1 Å². The van der Waals surface area contributed by atoms with Crippen molar-refractivity contribution in [2.24, 2.45) is 5.92 Å². The number of carbonyl (C=O) groups is 1. The Balaban J connectivity index is 0.000000892. The standard InChI is InChI=1S/C22H26BrN.C3H6O/c1-4-5-18(8-6-16(2)3)22-14-17(15-24)7-13-21(22)19-9-11-20(23)12-10-19;1-3(2)4/h7,9-14,16,18H,4-6,8H2,1-3H3;1-2H3. The lowest BCUT2D eigenvalue weighted by Gasteiger charge is -2.22. The Hall–Kier alpha value is -1.92. The van der Waals surface area contributed by atoms with Gasteiger partial charge in [0.15, 0.2) is 0 Å². The predicted molar refractivity (Wildman–Crippen MR) is 122 cm³/mol. The number of nitrogens with zero attached hydrogens (tertiary/aromatic N) is 1. The number of rotatable bonds is 7. The fraction of sp³-hybridized carbons (Fsp3) is 0.440. The molecule has 3 heteroatoms. The summed E-state index contributed by atoms with van der Waals surface area (Å²) >= 11 is 3.51. The Morgan fingerprint density at radius 3 is 2.14 bits per heavy atom. The summed E-state index contributed by atoms with van der Waals surface area (Å²) in [5, 5.41) is 9.33. The first-order valence-corrected chi connectivity index (χ1v) is 10.8. The second kappa shape index (κ2) is 12.5. The quantitative estimate of drug-likeness (QED) is 0.437. The highest BCUT2D eigenvalue weighted by molar-refractivity contribution is 9.10. The van der Waals surface area contributed by atoms with Crippen molar-refractivity contribution < 1.29 is 4.79 Å². The number of halogens is 1. The van der Waals surface area contributed by atoms with Crippen LogP contribution < -0.4 is 0 Å². The largest absolute Gasteiger partial charge is 0.300 e. The molecule has 0 fully saturated rings. The molecule has 0 aromatic heterocycles. The lowest BCUT2D eigenvalue weighted by atomic mass is 9.83. The zero-order chi connectivity index (χ0) is 21.1. The summed E-state index contributed by atoms with van der Waals surface area (Å²) in [6.07, 6.45) is 4.75. The molecule has 2 aromatic carbocycles. The van der Waals surface area contributed by atoms with Crippen molar-refractivity contribution in [3.8, 4) is 17.2 Å². The van der Waals surface area contributed by atoms with Crippen LogP contribution >= 0.6 is 15.9 Å². The maximum atomic E-state index is 9.44. The van der Waals surface area contributed by atoms with Crippen LogP contribution in [0.15, 0.2) is 46.9 Å². The van der Waals surface area contributed by atoms with Crippen molar-refractivity contribution in [3.05, 3.63) is 58.1 Å². The van der Waals surface area contributed by atoms with Crippen LogP contribution in [0.5, 0.6) is 0 Å². The minimum Gasteiger partial charge on any atom is -0.300 e. The van der Waals surface area contributed by atoms with Crippen LogP contribution in [-0.2, 0) is 4.79 Å². The fourth-order valence-electron chi connectivity index (χ4n) is 3.20. The van der Waals surface area contributed by atoms with Crippen LogP contribution in [-0.4, -0.2) is 5.78 Å². The highest BCUT2D eigenvalue weighted by Gasteiger charge is 2.17. The van der Waals surface area contributed by atoms with E-state index in [2.05, 4.69) is 79.2 Å². The summed E-state index contributed by atoms with van der Waals surface area (Å²) in [5.74, 6) is 1.39. The van der Waals surface area contributed by atoms with Crippen molar-refractivity contribution in [3.63, 3.8) is 0 Å². The molecule has 0 amide bonds. The average molecular weight is 442 g/mol. The summed E-state index contributed by atoms with van der Waals surface area (Å²) in [6.45, 7) is 9.87. The SMILES string of the molecule is CC(C)=O.CCCC(CCC(C)C)c1cc(C#N)ccc1-c1ccc(Br)cc1. The van der Waals surface area contributed by atoms with Gasteiger partial charge < -0.3 is 4.79 Å². The van der Waals surface area contributed by atoms with Crippen LogP contribution in [0.2, 0.25) is 0 Å². The van der Waals surface area contributed by atoms with Gasteiger partial charge in [0.2, 0.25) is 0 Å². The van der Waals surface area contributed by atoms with Crippen LogP contribution in [0.4, 0.5) is 0 Å². The number of ketones is 1. The average Bonchev–Trinajstić information content (AvgIpc) is 2.65. The molecule has 1 unspecified atom stereocenters. The van der Waals surface area contributed by atoms with E-state index in [0.717, 1.165) is 10.0 Å². The number of Topliss-reactive ketones (excluding diaryl/α,β-unsaturated/α-hetero) is 1. The zero-order valence-corrected chi connectivity index (χ0v) is 19.3. The van der Waals surface area contributed by atoms with Gasteiger partial charge in [-0.05, 0) is 79.5 Å². The van der Waals surface area contributed by atoms with E-state index in [4.69, 9.17) is 0 Å². The van der Waals surface area contributed by atoms with Gasteiger partial charge in [0.1, 0.15) is 5.78 Å². The van der Waals surface area contributed by atoms with E-state index in [1.54, 1.807) is 0 Å². The molecule has 28 heavy (non-hydrogen) atoms. The first kappa shape index (κ1) is 24.1. The highest BCUT2D eigenvalue weighted by atomic mass is 79.9. The van der Waals surface area contributed by atoms with Crippen molar-refractivity contribution in [1.82, 2.24) is 0 Å². The van der Waals surface area contributed by atoms with Crippen LogP contribution in [0, 0.1) is 17.2 Å². The molecule has 0 heterocycles. The number of carbonyl (C=O) groups excluding carboxylic acids is 1. The van der Waals surface area contributed by atoms with Gasteiger partial charge in [-0.25, -0.2) is 0 Å². The van der Waals surface area contributed by atoms with Crippen molar-refractivity contribution in [1.29, 1.82) is 5.26 Å². The van der Waals surface area contributed by atoms with Crippen LogP contribution in [0.1, 0.15) is 77.3 Å². The summed E-state index contributed by atoms with van der Waals surface area (Å²) in [4.78, 5) is 9.44. The third-order valence-electron chi connectivity index (χ3n) is 4.51. The maximum Gasteiger partial charge on any atom is 0.126 e. The number of benzene rings is 2. The molecule has 0 N–H and O–H groups in total. The van der Waals surface area contributed by atoms with Gasteiger partial charge in [0, 0.05) is 4.47 Å². The second-order valence-corrected chi connectivity index (χ2v) is 8.70. The molecule has 0 bridgehead atoms. The Morgan fingerprint density at radius 2 is 1.64 bits per heavy atom. The van der Waals surface area contributed by atoms with E-state index in [0.29, 0.717) is 11.8 Å². The third-order valence-corrected chi connectivity index (χ3v) is 5.03. The number of nitriles is 1. The first-order valence-electron chi connectivity index (χ1n) is 10.1. The molecular weight excluding hydrogens is 410 g/mol. The molecule has 2 rings (SSSR count). The molecular formula is C25H32BrNO. The zero-order valence-electron chi connectivity index (χ0n) is 17.8. The molecule has 0 saturated carbocycles. The van der Waals surface area contributed by atoms with Crippen molar-refractivity contribution >= 4 is 21.7 Å². The van der Waals surface area contributed by atoms with E-state index in [-0.39, 0.29) is 5.78 Å². The molecule has 2 nitrogen and oxygen atoms in total. The summed E-state index contributed by atoms with van der Waals surface area (Å²) in [5.41, 5.74) is 4.59. The van der Waals surface area contributed by atoms with Gasteiger partial charge in [-0.2, -0.15) is 5.26 Å². The smallest absolute Gasteiger partial charge is 0.126 e. The van der Waals surface area contributed by atoms with E-state index in [1.165, 1.54) is 56.2 Å². The minimum atomic E-state index is 0.167. The minimum absolute atomic E-state index is 0.167. The maximum absolute atomic E-state index is 9.44. The molecule has 0 aliphatic carbocycles. The van der Waals surface area contributed by atoms with E-state index in [1.807, 2.05) is 6.07 Å². The van der Waals surface area contributed by atoms with Gasteiger partial charge in [-0.15, -0.1) is 0 Å². The second-order valence-electron chi connectivity index (χ2n) is 7.79. The molecule has 0 aliphatic heterocycles. The molecule has 0 spiro atoms. The van der Waals surface area contributed by atoms with Gasteiger partial charge in [0.25, 0.3) is 0 Å². The lowest BCUT2D eigenvalue weighted by Crippen LogP contribution is -2.04. The number of hydrogen-bond acceptors (Lipinski definition) is 2. The van der Waals surface area contributed by atoms with E-state index in [9.17, 15) is 10.1 Å². The van der Waals surface area contributed by atoms with Gasteiger partial charge >= 0.3 is 0 Å². The molecule has 0 saturated heterocycles. The normalized spacial score (nSPS) is 11.4. The molecule has 0 aliphatic rings. The summed E-state index contributed by atoms with van der Waals surface area (Å²) in [7, 11) is 0. The van der Waals surface area contributed by atoms with Crippen molar-refractivity contribution in [2.75, 3.05) is 0 Å². The van der Waals surface area contributed by atoms with Crippen LogP contribution in [0.3, 0.4) is 0 Å². The Kier molecular flexibility index (Phi) is 10.8. The third kappa shape index (κ3) is 8.40. The lowest BCUT2D eigenvalue weighted by molar-refractivity contribution is -0.114. The Morgan fingerprint density at radius 1 is 1.04 bits per heavy atom. The Bertz CT molecular complexity index is 783. The van der Waals surface area contributed by atoms with E-state index < -0.39 is 0 Å². The fourth-order valence-corrected chi connectivity index (χ4v) is 3.47. The molecule has 0 radical (unpaired) electrons. The topological polar surface area (TPSA) is 40.9 Å². The molecule has 2 aromatic rings. The molecule has 150 valence electrons. The van der Waals surface area contributed by atoms with Gasteiger partial charge in [0.05, 0.1) is 11.6 Å².